The average Bonchev–Trinajstić information content (AvgIpc) is 3.13. The van der Waals surface area contributed by atoms with E-state index in [2.05, 4.69) is 22.4 Å². The number of nitrogens with two attached hydrogens (primary N) is 1. The van der Waals surface area contributed by atoms with Crippen LogP contribution in [0.25, 0.3) is 22.0 Å². The first-order valence-corrected chi connectivity index (χ1v) is 17.7. The number of hydrogen-bond donors (Lipinski definition) is 6. The standard InChI is InChI=1S/C41H46N4O6/c42-30-12-14-31(15-13-30)45(41(49)50)36-24-27(11-18-33(36)29-7-2-1-3-8-29)6-4-5-23-51-32-16-9-28(10-17-32)25-43-26-38(47)34-19-21-37(46)40-35(34)20-22-39(48)44-40/h1-3,7-11,16-22,24,30-31,38,43,46-47H,4-6,12-15,23,25-26,42H2,(H,44,48)(H,49,50)/t30?,31?,38-/m0/s1. The van der Waals surface area contributed by atoms with Gasteiger partial charge in [-0.25, -0.2) is 4.79 Å². The van der Waals surface area contributed by atoms with Gasteiger partial charge < -0.3 is 36.1 Å². The van der Waals surface area contributed by atoms with Gasteiger partial charge in [0.25, 0.3) is 0 Å². The second-order valence-corrected chi connectivity index (χ2v) is 13.3. The Balaban J connectivity index is 0.994. The maximum absolute atomic E-state index is 12.7. The number of nitrogens with zero attached hydrogens (tertiary/aromatic N) is 1. The van der Waals surface area contributed by atoms with Gasteiger partial charge in [-0.1, -0.05) is 60.7 Å². The molecule has 1 aromatic heterocycles. The molecule has 0 radical (unpaired) electrons. The molecule has 266 valence electrons. The van der Waals surface area contributed by atoms with Crippen molar-refractivity contribution in [2.24, 2.45) is 5.73 Å². The molecule has 0 bridgehead atoms. The van der Waals surface area contributed by atoms with Gasteiger partial charge in [0.05, 0.1) is 23.9 Å². The summed E-state index contributed by atoms with van der Waals surface area (Å²) < 4.78 is 6.01. The Hall–Kier alpha value is -5.16. The topological polar surface area (TPSA) is 161 Å². The molecule has 5 aromatic rings. The molecule has 0 aliphatic heterocycles. The van der Waals surface area contributed by atoms with Crippen LogP contribution in [0, 0.1) is 0 Å². The number of fused-ring (bicyclic) bond motifs is 1. The number of phenols is 1. The van der Waals surface area contributed by atoms with Crippen LogP contribution in [0.3, 0.4) is 0 Å². The number of benzene rings is 4. The highest BCUT2D eigenvalue weighted by molar-refractivity contribution is 5.94. The zero-order valence-corrected chi connectivity index (χ0v) is 28.6. The number of aliphatic hydroxyl groups excluding tert-OH is 1. The van der Waals surface area contributed by atoms with Gasteiger partial charge in [0.1, 0.15) is 11.5 Å². The van der Waals surface area contributed by atoms with Gasteiger partial charge in [0, 0.05) is 42.2 Å². The first-order valence-electron chi connectivity index (χ1n) is 17.7. The molecule has 1 fully saturated rings. The molecule has 0 spiro atoms. The number of aromatic amines is 1. The normalized spacial score (nSPS) is 16.5. The van der Waals surface area contributed by atoms with Crippen molar-refractivity contribution in [3.05, 3.63) is 124 Å². The number of aromatic nitrogens is 1. The molecule has 0 unspecified atom stereocenters. The number of hydrogen-bond acceptors (Lipinski definition) is 7. The minimum atomic E-state index is -0.931. The highest BCUT2D eigenvalue weighted by Gasteiger charge is 2.30. The summed E-state index contributed by atoms with van der Waals surface area (Å²) in [7, 11) is 0. The quantitative estimate of drug-likeness (QED) is 0.0688. The van der Waals surface area contributed by atoms with E-state index in [9.17, 15) is 24.9 Å². The first-order chi connectivity index (χ1) is 24.8. The van der Waals surface area contributed by atoms with E-state index < -0.39 is 12.2 Å². The summed E-state index contributed by atoms with van der Waals surface area (Å²) in [6.45, 7) is 1.40. The Labute approximate surface area is 297 Å². The summed E-state index contributed by atoms with van der Waals surface area (Å²) in [6, 6.07) is 30.2. The maximum atomic E-state index is 12.7. The van der Waals surface area contributed by atoms with E-state index in [1.807, 2.05) is 60.7 Å². The average molecular weight is 691 g/mol. The van der Waals surface area contributed by atoms with E-state index in [0.717, 1.165) is 78.6 Å². The zero-order valence-electron chi connectivity index (χ0n) is 28.6. The minimum Gasteiger partial charge on any atom is -0.506 e. The van der Waals surface area contributed by atoms with Crippen LogP contribution in [-0.4, -0.2) is 51.6 Å². The molecule has 10 nitrogen and oxygen atoms in total. The van der Waals surface area contributed by atoms with Crippen LogP contribution in [0.5, 0.6) is 11.5 Å². The monoisotopic (exact) mass is 690 g/mol. The number of H-pyrrole nitrogens is 1. The number of aliphatic hydroxyl groups is 1. The van der Waals surface area contributed by atoms with Gasteiger partial charge in [0.15, 0.2) is 0 Å². The molecule has 0 saturated heterocycles. The third kappa shape index (κ3) is 8.96. The number of ether oxygens (including phenoxy) is 1. The second kappa shape index (κ2) is 16.7. The van der Waals surface area contributed by atoms with Crippen molar-refractivity contribution in [1.82, 2.24) is 10.3 Å². The van der Waals surface area contributed by atoms with Crippen LogP contribution in [0.15, 0.2) is 102 Å². The van der Waals surface area contributed by atoms with Gasteiger partial charge in [-0.15, -0.1) is 0 Å². The van der Waals surface area contributed by atoms with Crippen molar-refractivity contribution in [1.29, 1.82) is 0 Å². The van der Waals surface area contributed by atoms with Gasteiger partial charge in [0.2, 0.25) is 5.56 Å². The Bertz CT molecular complexity index is 1970. The predicted octanol–water partition coefficient (Wildman–Crippen LogP) is 6.88. The van der Waals surface area contributed by atoms with E-state index >= 15 is 0 Å². The Morgan fingerprint density at radius 2 is 1.67 bits per heavy atom. The highest BCUT2D eigenvalue weighted by Crippen LogP contribution is 2.36. The molecular weight excluding hydrogens is 644 g/mol. The minimum absolute atomic E-state index is 0.0398. The van der Waals surface area contributed by atoms with Crippen molar-refractivity contribution >= 4 is 22.7 Å². The number of phenolic OH excluding ortho intramolecular Hbond substituents is 1. The van der Waals surface area contributed by atoms with Crippen LogP contribution in [0.2, 0.25) is 0 Å². The number of carboxylic acid groups (broad SMARTS) is 1. The summed E-state index contributed by atoms with van der Waals surface area (Å²) in [5.74, 6) is 0.740. The number of anilines is 1. The number of nitrogens with one attached hydrogen (secondary N) is 2. The number of rotatable bonds is 14. The molecule has 1 atom stereocenters. The lowest BCUT2D eigenvalue weighted by atomic mass is 9.89. The molecule has 51 heavy (non-hydrogen) atoms. The second-order valence-electron chi connectivity index (χ2n) is 13.3. The van der Waals surface area contributed by atoms with Crippen molar-refractivity contribution < 1.29 is 24.9 Å². The summed E-state index contributed by atoms with van der Waals surface area (Å²) >= 11 is 0. The lowest BCUT2D eigenvalue weighted by molar-refractivity contribution is 0.176. The molecule has 10 heteroatoms. The van der Waals surface area contributed by atoms with Crippen molar-refractivity contribution in [2.75, 3.05) is 18.1 Å². The molecule has 4 aromatic carbocycles. The van der Waals surface area contributed by atoms with Crippen LogP contribution >= 0.6 is 0 Å². The molecule has 7 N–H and O–H groups in total. The number of carbonyl (C=O) groups is 1. The number of aryl methyl sites for hydroxylation is 1. The third-order valence-electron chi connectivity index (χ3n) is 9.70. The molecular formula is C41H46N4O6. The molecule has 1 heterocycles. The van der Waals surface area contributed by atoms with Crippen LogP contribution in [0.1, 0.15) is 61.3 Å². The largest absolute Gasteiger partial charge is 0.506 e. The smallest absolute Gasteiger partial charge is 0.412 e. The summed E-state index contributed by atoms with van der Waals surface area (Å²) in [6.07, 6.45) is 3.95. The van der Waals surface area contributed by atoms with E-state index in [-0.39, 0.29) is 29.9 Å². The van der Waals surface area contributed by atoms with E-state index in [1.54, 1.807) is 17.0 Å². The Morgan fingerprint density at radius 1 is 0.922 bits per heavy atom. The highest BCUT2D eigenvalue weighted by atomic mass is 16.5. The lowest BCUT2D eigenvalue weighted by Gasteiger charge is -2.35. The summed E-state index contributed by atoms with van der Waals surface area (Å²) in [5, 5.41) is 35.2. The zero-order chi connectivity index (χ0) is 35.7. The van der Waals surface area contributed by atoms with Crippen molar-refractivity contribution in [3.63, 3.8) is 0 Å². The number of aromatic hydroxyl groups is 1. The molecule has 6 rings (SSSR count). The van der Waals surface area contributed by atoms with Crippen molar-refractivity contribution in [2.45, 2.75) is 69.7 Å². The van der Waals surface area contributed by atoms with Gasteiger partial charge in [-0.05, 0) is 97.5 Å². The summed E-state index contributed by atoms with van der Waals surface area (Å²) in [4.78, 5) is 28.6. The van der Waals surface area contributed by atoms with Crippen LogP contribution in [0.4, 0.5) is 10.5 Å². The first kappa shape index (κ1) is 35.7. The van der Waals surface area contributed by atoms with E-state index in [0.29, 0.717) is 29.6 Å². The Kier molecular flexibility index (Phi) is 11.7. The number of unbranched alkanes of at least 4 members (excludes halogenated alkanes) is 1. The van der Waals surface area contributed by atoms with Crippen LogP contribution in [-0.2, 0) is 13.0 Å². The molecule has 1 aliphatic rings. The Morgan fingerprint density at radius 3 is 2.41 bits per heavy atom. The number of pyridine rings is 1. The third-order valence-corrected chi connectivity index (χ3v) is 9.70. The van der Waals surface area contributed by atoms with Gasteiger partial charge in [-0.3, -0.25) is 9.69 Å². The summed E-state index contributed by atoms with van der Waals surface area (Å²) in [5.41, 5.74) is 11.5. The van der Waals surface area contributed by atoms with Crippen LogP contribution < -0.4 is 26.2 Å². The molecule has 1 saturated carbocycles. The van der Waals surface area contributed by atoms with Gasteiger partial charge in [-0.2, -0.15) is 0 Å². The molecule has 1 aliphatic carbocycles. The number of amides is 1. The fraction of sp³-hybridized carbons (Fsp3) is 0.317. The fourth-order valence-electron chi connectivity index (χ4n) is 6.95. The maximum Gasteiger partial charge on any atom is 0.412 e. The van der Waals surface area contributed by atoms with E-state index in [1.165, 1.54) is 12.1 Å². The fourth-order valence-corrected chi connectivity index (χ4v) is 6.95. The predicted molar refractivity (Wildman–Crippen MR) is 200 cm³/mol. The van der Waals surface area contributed by atoms with E-state index in [4.69, 9.17) is 10.5 Å². The van der Waals surface area contributed by atoms with Crippen molar-refractivity contribution in [3.8, 4) is 22.6 Å². The lowest BCUT2D eigenvalue weighted by Crippen LogP contribution is -2.44. The van der Waals surface area contributed by atoms with Gasteiger partial charge >= 0.3 is 6.09 Å². The SMILES string of the molecule is NC1CCC(N(C(=O)O)c2cc(CCCCOc3ccc(CNC[C@H](O)c4ccc(O)c5[nH]c(=O)ccc45)cc3)ccc2-c2ccccc2)CC1. The molecule has 1 amide bonds.